The zero-order chi connectivity index (χ0) is 13.9. The number of nitrogens with zero attached hydrogens (tertiary/aromatic N) is 2. The van der Waals surface area contributed by atoms with Crippen LogP contribution in [0.15, 0.2) is 18.2 Å². The van der Waals surface area contributed by atoms with E-state index in [4.69, 9.17) is 17.3 Å². The van der Waals surface area contributed by atoms with Crippen LogP contribution >= 0.6 is 11.6 Å². The Morgan fingerprint density at radius 1 is 1.28 bits per heavy atom. The summed E-state index contributed by atoms with van der Waals surface area (Å²) < 4.78 is 0. The molecule has 0 heterocycles. The van der Waals surface area contributed by atoms with Crippen molar-refractivity contribution in [2.75, 3.05) is 33.4 Å². The first-order chi connectivity index (χ1) is 8.32. The Labute approximate surface area is 111 Å². The van der Waals surface area contributed by atoms with Gasteiger partial charge in [0.25, 0.3) is 5.91 Å². The van der Waals surface area contributed by atoms with E-state index < -0.39 is 0 Å². The van der Waals surface area contributed by atoms with Crippen LogP contribution in [0.1, 0.15) is 10.4 Å². The molecule has 18 heavy (non-hydrogen) atoms. The van der Waals surface area contributed by atoms with E-state index in [-0.39, 0.29) is 18.4 Å². The Morgan fingerprint density at radius 3 is 2.39 bits per heavy atom. The van der Waals surface area contributed by atoms with Crippen molar-refractivity contribution in [3.05, 3.63) is 28.8 Å². The Kier molecular flexibility index (Phi) is 4.55. The number of anilines is 1. The van der Waals surface area contributed by atoms with Crippen molar-refractivity contribution in [2.24, 2.45) is 0 Å². The van der Waals surface area contributed by atoms with Gasteiger partial charge in [-0.15, -0.1) is 0 Å². The van der Waals surface area contributed by atoms with Crippen LogP contribution in [-0.4, -0.2) is 49.3 Å². The maximum Gasteiger partial charge on any atom is 0.256 e. The number of carbonyl (C=O) groups excluding carboxylic acids is 2. The highest BCUT2D eigenvalue weighted by Crippen LogP contribution is 2.19. The van der Waals surface area contributed by atoms with Crippen LogP contribution < -0.4 is 5.73 Å². The number of nitrogens with two attached hydrogens (primary N) is 1. The van der Waals surface area contributed by atoms with E-state index in [0.29, 0.717) is 16.3 Å². The molecule has 0 fully saturated rings. The number of benzene rings is 1. The van der Waals surface area contributed by atoms with Crippen LogP contribution in [-0.2, 0) is 4.79 Å². The van der Waals surface area contributed by atoms with Gasteiger partial charge in [0.2, 0.25) is 5.91 Å². The minimum atomic E-state index is -0.306. The molecule has 0 spiro atoms. The van der Waals surface area contributed by atoms with Crippen LogP contribution in [0.2, 0.25) is 5.02 Å². The summed E-state index contributed by atoms with van der Waals surface area (Å²) in [7, 11) is 4.83. The normalized spacial score (nSPS) is 10.0. The third-order valence-corrected chi connectivity index (χ3v) is 2.70. The molecule has 0 aromatic heterocycles. The molecule has 0 aliphatic heterocycles. The summed E-state index contributed by atoms with van der Waals surface area (Å²) in [5.74, 6) is -0.460. The number of hydrogen-bond acceptors (Lipinski definition) is 3. The molecule has 0 atom stereocenters. The summed E-state index contributed by atoms with van der Waals surface area (Å²) in [4.78, 5) is 26.3. The van der Waals surface area contributed by atoms with Crippen molar-refractivity contribution < 1.29 is 9.59 Å². The SMILES string of the molecule is CN(C)C(=O)CN(C)C(=O)c1ccc(Cl)cc1N. The molecule has 98 valence electrons. The van der Waals surface area contributed by atoms with Crippen molar-refractivity contribution >= 4 is 29.1 Å². The molecule has 0 bridgehead atoms. The molecule has 0 saturated heterocycles. The topological polar surface area (TPSA) is 66.6 Å². The summed E-state index contributed by atoms with van der Waals surface area (Å²) >= 11 is 5.76. The van der Waals surface area contributed by atoms with Gasteiger partial charge in [-0.25, -0.2) is 0 Å². The van der Waals surface area contributed by atoms with Gasteiger partial charge in [0.15, 0.2) is 0 Å². The van der Waals surface area contributed by atoms with Crippen molar-refractivity contribution in [3.8, 4) is 0 Å². The zero-order valence-corrected chi connectivity index (χ0v) is 11.4. The average molecular weight is 270 g/mol. The first-order valence-electron chi connectivity index (χ1n) is 5.33. The predicted octanol–water partition coefficient (Wildman–Crippen LogP) is 1.08. The second-order valence-electron chi connectivity index (χ2n) is 4.18. The molecular formula is C12H16ClN3O2. The average Bonchev–Trinajstić information content (AvgIpc) is 2.27. The quantitative estimate of drug-likeness (QED) is 0.835. The smallest absolute Gasteiger partial charge is 0.256 e. The number of likely N-dealkylation sites (N-methyl/N-ethyl adjacent to an activating group) is 2. The fraction of sp³-hybridized carbons (Fsp3) is 0.333. The zero-order valence-electron chi connectivity index (χ0n) is 10.6. The van der Waals surface area contributed by atoms with Crippen LogP contribution in [0.5, 0.6) is 0 Å². The Bertz CT molecular complexity index is 474. The molecule has 0 radical (unpaired) electrons. The van der Waals surface area contributed by atoms with Crippen LogP contribution in [0.3, 0.4) is 0 Å². The van der Waals surface area contributed by atoms with Crippen LogP contribution in [0, 0.1) is 0 Å². The predicted molar refractivity (Wildman–Crippen MR) is 71.5 cm³/mol. The van der Waals surface area contributed by atoms with E-state index in [2.05, 4.69) is 0 Å². The summed E-state index contributed by atoms with van der Waals surface area (Å²) in [5.41, 5.74) is 6.37. The van der Waals surface area contributed by atoms with E-state index in [1.807, 2.05) is 0 Å². The second-order valence-corrected chi connectivity index (χ2v) is 4.62. The Morgan fingerprint density at radius 2 is 1.89 bits per heavy atom. The van der Waals surface area contributed by atoms with Gasteiger partial charge in [0.05, 0.1) is 12.1 Å². The van der Waals surface area contributed by atoms with Gasteiger partial charge in [0.1, 0.15) is 0 Å². The van der Waals surface area contributed by atoms with Crippen LogP contribution in [0.25, 0.3) is 0 Å². The number of halogens is 1. The number of rotatable bonds is 3. The summed E-state index contributed by atoms with van der Waals surface area (Å²) in [5, 5.41) is 0.469. The lowest BCUT2D eigenvalue weighted by molar-refractivity contribution is -0.129. The van der Waals surface area contributed by atoms with E-state index in [9.17, 15) is 9.59 Å². The summed E-state index contributed by atoms with van der Waals surface area (Å²) in [6.07, 6.45) is 0. The van der Waals surface area contributed by atoms with Gasteiger partial charge in [-0.2, -0.15) is 0 Å². The second kappa shape index (κ2) is 5.73. The molecule has 2 N–H and O–H groups in total. The molecule has 2 amide bonds. The fourth-order valence-electron chi connectivity index (χ4n) is 1.35. The minimum Gasteiger partial charge on any atom is -0.398 e. The number of carbonyl (C=O) groups is 2. The van der Waals surface area contributed by atoms with E-state index in [0.717, 1.165) is 0 Å². The molecule has 6 heteroatoms. The van der Waals surface area contributed by atoms with Gasteiger partial charge in [0, 0.05) is 31.9 Å². The van der Waals surface area contributed by atoms with E-state index in [1.54, 1.807) is 33.3 Å². The van der Waals surface area contributed by atoms with Crippen molar-refractivity contribution in [3.63, 3.8) is 0 Å². The summed E-state index contributed by atoms with van der Waals surface area (Å²) in [6.45, 7) is 0.00784. The summed E-state index contributed by atoms with van der Waals surface area (Å²) in [6, 6.07) is 4.65. The van der Waals surface area contributed by atoms with Gasteiger partial charge in [-0.1, -0.05) is 11.6 Å². The molecule has 0 aliphatic carbocycles. The monoisotopic (exact) mass is 269 g/mol. The Hall–Kier alpha value is -1.75. The van der Waals surface area contributed by atoms with Crippen LogP contribution in [0.4, 0.5) is 5.69 Å². The first-order valence-corrected chi connectivity index (χ1v) is 5.71. The van der Waals surface area contributed by atoms with E-state index in [1.165, 1.54) is 15.9 Å². The molecule has 0 saturated carbocycles. The lowest BCUT2D eigenvalue weighted by atomic mass is 10.1. The van der Waals surface area contributed by atoms with Gasteiger partial charge >= 0.3 is 0 Å². The molecule has 5 nitrogen and oxygen atoms in total. The maximum atomic E-state index is 12.1. The van der Waals surface area contributed by atoms with Gasteiger partial charge in [-0.05, 0) is 18.2 Å². The van der Waals surface area contributed by atoms with Gasteiger partial charge in [-0.3, -0.25) is 9.59 Å². The minimum absolute atomic E-state index is 0.00784. The maximum absolute atomic E-state index is 12.1. The molecular weight excluding hydrogens is 254 g/mol. The Balaban J connectivity index is 2.84. The number of amides is 2. The standard InChI is InChI=1S/C12H16ClN3O2/c1-15(2)11(17)7-16(3)12(18)9-5-4-8(13)6-10(9)14/h4-6H,7,14H2,1-3H3. The largest absolute Gasteiger partial charge is 0.398 e. The van der Waals surface area contributed by atoms with Crippen molar-refractivity contribution in [2.45, 2.75) is 0 Å². The third-order valence-electron chi connectivity index (χ3n) is 2.46. The molecule has 0 aliphatic rings. The van der Waals surface area contributed by atoms with Crippen molar-refractivity contribution in [1.29, 1.82) is 0 Å². The molecule has 1 rings (SSSR count). The van der Waals surface area contributed by atoms with Crippen molar-refractivity contribution in [1.82, 2.24) is 9.80 Å². The first kappa shape index (κ1) is 14.3. The van der Waals surface area contributed by atoms with E-state index >= 15 is 0 Å². The lowest BCUT2D eigenvalue weighted by Crippen LogP contribution is -2.38. The number of nitrogen functional groups attached to an aromatic ring is 1. The number of hydrogen-bond donors (Lipinski definition) is 1. The highest BCUT2D eigenvalue weighted by molar-refractivity contribution is 6.31. The molecule has 1 aromatic carbocycles. The highest BCUT2D eigenvalue weighted by Gasteiger charge is 2.17. The highest BCUT2D eigenvalue weighted by atomic mass is 35.5. The third kappa shape index (κ3) is 3.37. The van der Waals surface area contributed by atoms with Gasteiger partial charge < -0.3 is 15.5 Å². The fourth-order valence-corrected chi connectivity index (χ4v) is 1.53. The molecule has 1 aromatic rings. The molecule has 0 unspecified atom stereocenters. The lowest BCUT2D eigenvalue weighted by Gasteiger charge is -2.20.